The van der Waals surface area contributed by atoms with E-state index >= 15 is 0 Å². The van der Waals surface area contributed by atoms with Crippen LogP contribution in [0.4, 0.5) is 0 Å². The Bertz CT molecular complexity index is 104. The Morgan fingerprint density at radius 3 is 2.17 bits per heavy atom. The third-order valence-corrected chi connectivity index (χ3v) is 2.16. The van der Waals surface area contributed by atoms with E-state index in [-0.39, 0.29) is 0 Å². The highest BCUT2D eigenvalue weighted by molar-refractivity contribution is 4.72. The van der Waals surface area contributed by atoms with Crippen LogP contribution in [0, 0.1) is 5.92 Å². The molecule has 0 saturated heterocycles. The summed E-state index contributed by atoms with van der Waals surface area (Å²) in [6.07, 6.45) is 1.19. The van der Waals surface area contributed by atoms with Crippen molar-refractivity contribution < 1.29 is 4.74 Å². The topological polar surface area (TPSA) is 21.3 Å². The summed E-state index contributed by atoms with van der Waals surface area (Å²) in [5.74, 6) is 0.703. The van der Waals surface area contributed by atoms with Crippen LogP contribution in [0.1, 0.15) is 34.1 Å². The third kappa shape index (κ3) is 4.73. The van der Waals surface area contributed by atoms with Crippen LogP contribution in [0.15, 0.2) is 0 Å². The van der Waals surface area contributed by atoms with E-state index in [1.165, 1.54) is 6.42 Å². The lowest BCUT2D eigenvalue weighted by molar-refractivity contribution is 0.161. The molecule has 0 spiro atoms. The van der Waals surface area contributed by atoms with Gasteiger partial charge in [0.05, 0.1) is 6.61 Å². The van der Waals surface area contributed by atoms with E-state index in [0.29, 0.717) is 18.0 Å². The summed E-state index contributed by atoms with van der Waals surface area (Å²) in [6, 6.07) is 1.08. The van der Waals surface area contributed by atoms with Gasteiger partial charge in [0.25, 0.3) is 0 Å². The smallest absolute Gasteiger partial charge is 0.0613 e. The van der Waals surface area contributed by atoms with Crippen molar-refractivity contribution in [2.24, 2.45) is 5.92 Å². The Hall–Kier alpha value is -0.0800. The molecule has 0 radical (unpaired) electrons. The van der Waals surface area contributed by atoms with Crippen molar-refractivity contribution in [3.05, 3.63) is 0 Å². The van der Waals surface area contributed by atoms with Gasteiger partial charge >= 0.3 is 0 Å². The summed E-state index contributed by atoms with van der Waals surface area (Å²) in [7, 11) is 1.74. The van der Waals surface area contributed by atoms with Crippen LogP contribution in [0.3, 0.4) is 0 Å². The Balaban J connectivity index is 3.69. The fourth-order valence-electron chi connectivity index (χ4n) is 1.45. The van der Waals surface area contributed by atoms with Gasteiger partial charge in [-0.3, -0.25) is 0 Å². The minimum Gasteiger partial charge on any atom is -0.383 e. The second kappa shape index (κ2) is 6.44. The maximum absolute atomic E-state index is 5.07. The average Bonchev–Trinajstić information content (AvgIpc) is 2.00. The number of hydrogen-bond acceptors (Lipinski definition) is 2. The van der Waals surface area contributed by atoms with Crippen molar-refractivity contribution in [3.8, 4) is 0 Å². The van der Waals surface area contributed by atoms with E-state index in [4.69, 9.17) is 4.74 Å². The maximum atomic E-state index is 5.07. The zero-order valence-electron chi connectivity index (χ0n) is 9.05. The molecule has 2 atom stereocenters. The molecule has 0 saturated carbocycles. The molecule has 2 heteroatoms. The molecule has 0 aromatic rings. The molecule has 0 aliphatic carbocycles. The molecule has 0 heterocycles. The number of hydrogen-bond donors (Lipinski definition) is 1. The number of ether oxygens (including phenoxy) is 1. The lowest BCUT2D eigenvalue weighted by atomic mass is 10.0. The Labute approximate surface area is 76.7 Å². The predicted molar refractivity (Wildman–Crippen MR) is 53.4 cm³/mol. The van der Waals surface area contributed by atoms with Gasteiger partial charge in [0.2, 0.25) is 0 Å². The highest BCUT2D eigenvalue weighted by atomic mass is 16.5. The molecular formula is C10H23NO. The monoisotopic (exact) mass is 173 g/mol. The first-order valence-corrected chi connectivity index (χ1v) is 4.86. The summed E-state index contributed by atoms with van der Waals surface area (Å²) in [5, 5.41) is 3.54. The van der Waals surface area contributed by atoms with Crippen molar-refractivity contribution in [3.63, 3.8) is 0 Å². The van der Waals surface area contributed by atoms with E-state index < -0.39 is 0 Å². The largest absolute Gasteiger partial charge is 0.383 e. The van der Waals surface area contributed by atoms with Crippen molar-refractivity contribution >= 4 is 0 Å². The van der Waals surface area contributed by atoms with Gasteiger partial charge < -0.3 is 10.1 Å². The van der Waals surface area contributed by atoms with Crippen molar-refractivity contribution in [1.29, 1.82) is 0 Å². The average molecular weight is 173 g/mol. The molecule has 74 valence electrons. The normalized spacial score (nSPS) is 16.5. The maximum Gasteiger partial charge on any atom is 0.0613 e. The second-order valence-corrected chi connectivity index (χ2v) is 3.78. The molecule has 0 aliphatic rings. The van der Waals surface area contributed by atoms with E-state index in [1.54, 1.807) is 7.11 Å². The van der Waals surface area contributed by atoms with Gasteiger partial charge in [0.15, 0.2) is 0 Å². The molecule has 2 unspecified atom stereocenters. The summed E-state index contributed by atoms with van der Waals surface area (Å²) in [5.41, 5.74) is 0. The molecule has 0 rings (SSSR count). The van der Waals surface area contributed by atoms with Gasteiger partial charge in [0, 0.05) is 19.2 Å². The predicted octanol–water partition coefficient (Wildman–Crippen LogP) is 2.05. The van der Waals surface area contributed by atoms with Crippen LogP contribution >= 0.6 is 0 Å². The van der Waals surface area contributed by atoms with Gasteiger partial charge in [-0.05, 0) is 19.3 Å². The van der Waals surface area contributed by atoms with Crippen LogP contribution in [-0.4, -0.2) is 25.8 Å². The van der Waals surface area contributed by atoms with E-state index in [0.717, 1.165) is 6.61 Å². The molecule has 0 bridgehead atoms. The molecular weight excluding hydrogens is 150 g/mol. The van der Waals surface area contributed by atoms with Crippen molar-refractivity contribution in [2.45, 2.75) is 46.2 Å². The molecule has 0 aliphatic heterocycles. The van der Waals surface area contributed by atoms with Gasteiger partial charge in [-0.1, -0.05) is 20.8 Å². The number of rotatable bonds is 6. The van der Waals surface area contributed by atoms with E-state index in [9.17, 15) is 0 Å². The molecule has 0 fully saturated rings. The quantitative estimate of drug-likeness (QED) is 0.663. The number of methoxy groups -OCH3 is 1. The van der Waals surface area contributed by atoms with Gasteiger partial charge in [0.1, 0.15) is 0 Å². The van der Waals surface area contributed by atoms with Crippen LogP contribution < -0.4 is 5.32 Å². The zero-order chi connectivity index (χ0) is 9.56. The van der Waals surface area contributed by atoms with Crippen LogP contribution in [0.5, 0.6) is 0 Å². The lowest BCUT2D eigenvalue weighted by Gasteiger charge is -2.24. The zero-order valence-corrected chi connectivity index (χ0v) is 9.05. The summed E-state index contributed by atoms with van der Waals surface area (Å²) in [6.45, 7) is 9.68. The van der Waals surface area contributed by atoms with Crippen LogP contribution in [0.25, 0.3) is 0 Å². The fraction of sp³-hybridized carbons (Fsp3) is 1.00. The van der Waals surface area contributed by atoms with E-state index in [1.807, 2.05) is 0 Å². The molecule has 1 N–H and O–H groups in total. The van der Waals surface area contributed by atoms with Crippen molar-refractivity contribution in [1.82, 2.24) is 5.32 Å². The summed E-state index contributed by atoms with van der Waals surface area (Å²) >= 11 is 0. The van der Waals surface area contributed by atoms with Gasteiger partial charge in [-0.25, -0.2) is 0 Å². The Morgan fingerprint density at radius 2 is 1.83 bits per heavy atom. The molecule has 0 aromatic heterocycles. The summed E-state index contributed by atoms with van der Waals surface area (Å²) in [4.78, 5) is 0. The first-order chi connectivity index (χ1) is 5.61. The first kappa shape index (κ1) is 11.9. The lowest BCUT2D eigenvalue weighted by Crippen LogP contribution is -2.41. The Kier molecular flexibility index (Phi) is 6.39. The second-order valence-electron chi connectivity index (χ2n) is 3.78. The highest BCUT2D eigenvalue weighted by Crippen LogP contribution is 2.06. The molecule has 2 nitrogen and oxygen atoms in total. The van der Waals surface area contributed by atoms with E-state index in [2.05, 4.69) is 33.0 Å². The minimum absolute atomic E-state index is 0.461. The Morgan fingerprint density at radius 1 is 1.25 bits per heavy atom. The standard InChI is InChI=1S/C10H23NO/c1-6-10(8(2)3)11-9(4)7-12-5/h8-11H,6-7H2,1-5H3. The third-order valence-electron chi connectivity index (χ3n) is 2.16. The summed E-state index contributed by atoms with van der Waals surface area (Å²) < 4.78 is 5.07. The molecule has 0 amide bonds. The fourth-order valence-corrected chi connectivity index (χ4v) is 1.45. The molecule has 12 heavy (non-hydrogen) atoms. The SMILES string of the molecule is CCC(NC(C)COC)C(C)C. The molecule has 0 aromatic carbocycles. The van der Waals surface area contributed by atoms with Crippen molar-refractivity contribution in [2.75, 3.05) is 13.7 Å². The van der Waals surface area contributed by atoms with Gasteiger partial charge in [-0.15, -0.1) is 0 Å². The van der Waals surface area contributed by atoms with Crippen LogP contribution in [0.2, 0.25) is 0 Å². The highest BCUT2D eigenvalue weighted by Gasteiger charge is 2.12. The van der Waals surface area contributed by atoms with Gasteiger partial charge in [-0.2, -0.15) is 0 Å². The first-order valence-electron chi connectivity index (χ1n) is 4.86. The minimum atomic E-state index is 0.461. The van der Waals surface area contributed by atoms with Crippen LogP contribution in [-0.2, 0) is 4.74 Å². The number of nitrogens with one attached hydrogen (secondary N) is 1.